The summed E-state index contributed by atoms with van der Waals surface area (Å²) in [4.78, 5) is 25.8. The number of benzene rings is 2. The Kier molecular flexibility index (Phi) is 5.59. The standard InChI is InChI=1S/C24H25NO6/c1-14-9-24(27)31-21-11-17(5-6-18(14)21)30-13-20-19-12-23(29-4)22(28-3)10-16(19)7-8-25(20)15(2)26/h5-6,9-12,20H,7-8,13H2,1-4H3. The fourth-order valence-electron chi connectivity index (χ4n) is 4.15. The van der Waals surface area contributed by atoms with E-state index in [0.29, 0.717) is 29.4 Å². The van der Waals surface area contributed by atoms with Crippen LogP contribution in [-0.4, -0.2) is 38.2 Å². The molecule has 0 saturated carbocycles. The second kappa shape index (κ2) is 8.34. The second-order valence-electron chi connectivity index (χ2n) is 7.60. The van der Waals surface area contributed by atoms with Crippen molar-refractivity contribution in [2.45, 2.75) is 26.3 Å². The lowest BCUT2D eigenvalue weighted by atomic mass is 9.92. The summed E-state index contributed by atoms with van der Waals surface area (Å²) in [6.07, 6.45) is 0.728. The van der Waals surface area contributed by atoms with Crippen LogP contribution in [0.3, 0.4) is 0 Å². The minimum Gasteiger partial charge on any atom is -0.493 e. The van der Waals surface area contributed by atoms with Gasteiger partial charge in [-0.1, -0.05) is 0 Å². The molecule has 0 radical (unpaired) electrons. The van der Waals surface area contributed by atoms with Crippen LogP contribution in [0, 0.1) is 6.92 Å². The van der Waals surface area contributed by atoms with Gasteiger partial charge < -0.3 is 23.5 Å². The Morgan fingerprint density at radius 3 is 2.58 bits per heavy atom. The third-order valence-corrected chi connectivity index (χ3v) is 5.74. The fourth-order valence-corrected chi connectivity index (χ4v) is 4.15. The minimum atomic E-state index is -0.396. The van der Waals surface area contributed by atoms with E-state index in [2.05, 4.69) is 0 Å². The van der Waals surface area contributed by atoms with E-state index in [-0.39, 0.29) is 18.6 Å². The van der Waals surface area contributed by atoms with Gasteiger partial charge in [0, 0.05) is 31.0 Å². The van der Waals surface area contributed by atoms with Crippen LogP contribution in [0.15, 0.2) is 45.6 Å². The Labute approximate surface area is 180 Å². The zero-order valence-electron chi connectivity index (χ0n) is 18.1. The first-order chi connectivity index (χ1) is 14.9. The number of rotatable bonds is 5. The third-order valence-electron chi connectivity index (χ3n) is 5.74. The number of aryl methyl sites for hydroxylation is 1. The average molecular weight is 423 g/mol. The first kappa shape index (κ1) is 20.8. The number of fused-ring (bicyclic) bond motifs is 2. The van der Waals surface area contributed by atoms with Crippen LogP contribution in [0.5, 0.6) is 17.2 Å². The Bertz CT molecular complexity index is 1200. The molecule has 31 heavy (non-hydrogen) atoms. The molecule has 1 amide bonds. The molecule has 0 saturated heterocycles. The van der Waals surface area contributed by atoms with E-state index in [4.69, 9.17) is 18.6 Å². The summed E-state index contributed by atoms with van der Waals surface area (Å²) in [7, 11) is 3.20. The highest BCUT2D eigenvalue weighted by Crippen LogP contribution is 2.38. The molecule has 0 fully saturated rings. The highest BCUT2D eigenvalue weighted by atomic mass is 16.5. The largest absolute Gasteiger partial charge is 0.493 e. The quantitative estimate of drug-likeness (QED) is 0.583. The van der Waals surface area contributed by atoms with Crippen molar-refractivity contribution in [1.29, 1.82) is 0 Å². The predicted molar refractivity (Wildman–Crippen MR) is 116 cm³/mol. The van der Waals surface area contributed by atoms with Crippen molar-refractivity contribution in [3.05, 3.63) is 63.5 Å². The van der Waals surface area contributed by atoms with E-state index in [9.17, 15) is 9.59 Å². The van der Waals surface area contributed by atoms with Gasteiger partial charge in [0.2, 0.25) is 5.91 Å². The molecule has 0 bridgehead atoms. The van der Waals surface area contributed by atoms with Gasteiger partial charge >= 0.3 is 5.63 Å². The molecule has 0 aliphatic carbocycles. The molecule has 7 nitrogen and oxygen atoms in total. The van der Waals surface area contributed by atoms with Gasteiger partial charge in [0.15, 0.2) is 11.5 Å². The monoisotopic (exact) mass is 423 g/mol. The van der Waals surface area contributed by atoms with Crippen molar-refractivity contribution in [1.82, 2.24) is 4.90 Å². The molecular weight excluding hydrogens is 398 g/mol. The normalized spacial score (nSPS) is 15.5. The lowest BCUT2D eigenvalue weighted by molar-refractivity contribution is -0.132. The van der Waals surface area contributed by atoms with Crippen molar-refractivity contribution in [3.8, 4) is 17.2 Å². The first-order valence-electron chi connectivity index (χ1n) is 10.1. The Hall–Kier alpha value is -3.48. The zero-order chi connectivity index (χ0) is 22.1. The number of carbonyl (C=O) groups is 1. The van der Waals surface area contributed by atoms with Gasteiger partial charge in [0.05, 0.1) is 20.3 Å². The molecule has 0 spiro atoms. The van der Waals surface area contributed by atoms with Crippen LogP contribution < -0.4 is 19.8 Å². The van der Waals surface area contributed by atoms with Crippen molar-refractivity contribution in [2.24, 2.45) is 0 Å². The summed E-state index contributed by atoms with van der Waals surface area (Å²) >= 11 is 0. The van der Waals surface area contributed by atoms with Gasteiger partial charge in [-0.3, -0.25) is 4.79 Å². The van der Waals surface area contributed by atoms with Crippen LogP contribution in [0.4, 0.5) is 0 Å². The third kappa shape index (κ3) is 3.95. The molecule has 2 aromatic carbocycles. The Morgan fingerprint density at radius 2 is 1.87 bits per heavy atom. The second-order valence-corrected chi connectivity index (χ2v) is 7.60. The van der Waals surface area contributed by atoms with Gasteiger partial charge in [-0.15, -0.1) is 0 Å². The van der Waals surface area contributed by atoms with Crippen LogP contribution in [0.1, 0.15) is 29.7 Å². The fraction of sp³-hybridized carbons (Fsp3) is 0.333. The molecule has 1 atom stereocenters. The highest BCUT2D eigenvalue weighted by molar-refractivity contribution is 5.81. The van der Waals surface area contributed by atoms with E-state index in [1.807, 2.05) is 31.2 Å². The lowest BCUT2D eigenvalue weighted by Gasteiger charge is -2.37. The summed E-state index contributed by atoms with van der Waals surface area (Å²) in [5, 5.41) is 0.858. The minimum absolute atomic E-state index is 0.0193. The maximum Gasteiger partial charge on any atom is 0.336 e. The number of hydrogen-bond donors (Lipinski definition) is 0. The molecule has 4 rings (SSSR count). The number of carbonyl (C=O) groups excluding carboxylic acids is 1. The van der Waals surface area contributed by atoms with Gasteiger partial charge in [-0.05, 0) is 54.3 Å². The zero-order valence-corrected chi connectivity index (χ0v) is 18.1. The number of ether oxygens (including phenoxy) is 3. The molecular formula is C24H25NO6. The van der Waals surface area contributed by atoms with E-state index in [1.165, 1.54) is 6.07 Å². The van der Waals surface area contributed by atoms with Gasteiger partial charge in [-0.2, -0.15) is 0 Å². The van der Waals surface area contributed by atoms with Crippen LogP contribution in [0.25, 0.3) is 11.0 Å². The van der Waals surface area contributed by atoms with Gasteiger partial charge in [0.1, 0.15) is 17.9 Å². The van der Waals surface area contributed by atoms with Crippen molar-refractivity contribution < 1.29 is 23.4 Å². The summed E-state index contributed by atoms with van der Waals surface area (Å²) in [6.45, 7) is 4.28. The lowest BCUT2D eigenvalue weighted by Crippen LogP contribution is -2.41. The maximum atomic E-state index is 12.3. The molecule has 1 unspecified atom stereocenters. The molecule has 1 aliphatic heterocycles. The van der Waals surface area contributed by atoms with Crippen LogP contribution in [-0.2, 0) is 11.2 Å². The van der Waals surface area contributed by atoms with Crippen molar-refractivity contribution >= 4 is 16.9 Å². The number of amides is 1. The van der Waals surface area contributed by atoms with Crippen LogP contribution in [0.2, 0.25) is 0 Å². The van der Waals surface area contributed by atoms with Gasteiger partial charge in [0.25, 0.3) is 0 Å². The SMILES string of the molecule is COc1cc2c(cc1OC)C(COc1ccc3c(C)cc(=O)oc3c1)N(C(C)=O)CC2. The molecule has 162 valence electrons. The molecule has 7 heteroatoms. The topological polar surface area (TPSA) is 78.2 Å². The number of hydrogen-bond acceptors (Lipinski definition) is 6. The van der Waals surface area contributed by atoms with E-state index in [0.717, 1.165) is 28.5 Å². The smallest absolute Gasteiger partial charge is 0.336 e. The van der Waals surface area contributed by atoms with E-state index < -0.39 is 5.63 Å². The van der Waals surface area contributed by atoms with E-state index in [1.54, 1.807) is 32.1 Å². The summed E-state index contributed by atoms with van der Waals surface area (Å²) in [6, 6.07) is 10.5. The molecule has 1 aliphatic rings. The summed E-state index contributed by atoms with van der Waals surface area (Å²) in [5.41, 5.74) is 3.00. The highest BCUT2D eigenvalue weighted by Gasteiger charge is 2.31. The van der Waals surface area contributed by atoms with Crippen molar-refractivity contribution in [2.75, 3.05) is 27.4 Å². The first-order valence-corrected chi connectivity index (χ1v) is 10.1. The van der Waals surface area contributed by atoms with E-state index >= 15 is 0 Å². The Balaban J connectivity index is 1.67. The Morgan fingerprint density at radius 1 is 1.13 bits per heavy atom. The summed E-state index contributed by atoms with van der Waals surface area (Å²) < 4.78 is 22.3. The maximum absolute atomic E-state index is 12.3. The van der Waals surface area contributed by atoms with Crippen LogP contribution >= 0.6 is 0 Å². The molecule has 1 aromatic heterocycles. The predicted octanol–water partition coefficient (Wildman–Crippen LogP) is 3.64. The number of methoxy groups -OCH3 is 2. The molecule has 2 heterocycles. The average Bonchev–Trinajstić information content (AvgIpc) is 2.75. The molecule has 0 N–H and O–H groups in total. The summed E-state index contributed by atoms with van der Waals surface area (Å²) in [5.74, 6) is 1.82. The molecule has 3 aromatic rings. The van der Waals surface area contributed by atoms with Crippen molar-refractivity contribution in [3.63, 3.8) is 0 Å². The number of nitrogens with zero attached hydrogens (tertiary/aromatic N) is 1. The van der Waals surface area contributed by atoms with Gasteiger partial charge in [-0.25, -0.2) is 4.79 Å².